The van der Waals surface area contributed by atoms with Crippen LogP contribution in [0.1, 0.15) is 84.1 Å². The van der Waals surface area contributed by atoms with Crippen LogP contribution in [0.3, 0.4) is 0 Å². The van der Waals surface area contributed by atoms with Gasteiger partial charge in [0.2, 0.25) is 17.7 Å². The van der Waals surface area contributed by atoms with Crippen LogP contribution in [0.2, 0.25) is 5.02 Å². The van der Waals surface area contributed by atoms with Gasteiger partial charge in [0.05, 0.1) is 49.3 Å². The van der Waals surface area contributed by atoms with Crippen molar-refractivity contribution in [1.29, 1.82) is 0 Å². The van der Waals surface area contributed by atoms with Crippen molar-refractivity contribution in [2.75, 3.05) is 52.3 Å². The summed E-state index contributed by atoms with van der Waals surface area (Å²) in [6, 6.07) is 3.27. The number of piperidine rings is 2. The number of alkyl carbamates (subject to hydrolysis) is 1. The number of anilines is 1. The molecule has 0 aliphatic carbocycles. The van der Waals surface area contributed by atoms with Gasteiger partial charge in [-0.3, -0.25) is 24.0 Å². The van der Waals surface area contributed by atoms with Crippen molar-refractivity contribution in [2.24, 2.45) is 17.8 Å². The molecule has 6 rings (SSSR count). The molecule has 0 spiro atoms. The predicted molar refractivity (Wildman–Crippen MR) is 228 cm³/mol. The van der Waals surface area contributed by atoms with Crippen molar-refractivity contribution in [3.8, 4) is 5.75 Å². The minimum Gasteiger partial charge on any atom is -0.495 e. The Hall–Kier alpha value is -4.67. The number of hydrogen-bond acceptors (Lipinski definition) is 11. The fraction of sp³-hybridized carbons (Fsp3) is 0.644. The lowest BCUT2D eigenvalue weighted by Crippen LogP contribution is -2.53. The molecule has 4 amide bonds. The zero-order valence-corrected chi connectivity index (χ0v) is 37.3. The number of hydrogen-bond donors (Lipinski definition) is 2. The summed E-state index contributed by atoms with van der Waals surface area (Å²) >= 11 is 6.81. The Morgan fingerprint density at radius 3 is 2.21 bits per heavy atom. The van der Waals surface area contributed by atoms with Crippen LogP contribution in [0.25, 0.3) is 0 Å². The minimum atomic E-state index is -1.10. The van der Waals surface area contributed by atoms with Crippen LogP contribution >= 0.6 is 11.6 Å². The number of carboxylic acid groups (broad SMARTS) is 1. The summed E-state index contributed by atoms with van der Waals surface area (Å²) in [5.41, 5.74) is 1.18. The van der Waals surface area contributed by atoms with Gasteiger partial charge in [-0.2, -0.15) is 0 Å². The summed E-state index contributed by atoms with van der Waals surface area (Å²) in [5.74, 6) is -2.80. The van der Waals surface area contributed by atoms with E-state index < -0.39 is 65.9 Å². The van der Waals surface area contributed by atoms with Crippen molar-refractivity contribution in [2.45, 2.75) is 121 Å². The van der Waals surface area contributed by atoms with E-state index in [0.717, 1.165) is 11.1 Å². The normalized spacial score (nSPS) is 30.2. The molecule has 17 heteroatoms. The van der Waals surface area contributed by atoms with E-state index in [0.29, 0.717) is 82.6 Å². The fourth-order valence-corrected chi connectivity index (χ4v) is 9.55. The lowest BCUT2D eigenvalue weighted by atomic mass is 9.84. The molecule has 0 aromatic heterocycles. The maximum absolute atomic E-state index is 14.3. The van der Waals surface area contributed by atoms with Gasteiger partial charge in [-0.15, -0.1) is 0 Å². The topological polar surface area (TPSA) is 194 Å². The van der Waals surface area contributed by atoms with Crippen LogP contribution in [0, 0.1) is 17.8 Å². The van der Waals surface area contributed by atoms with E-state index in [2.05, 4.69) is 5.32 Å². The maximum atomic E-state index is 14.3. The van der Waals surface area contributed by atoms with Gasteiger partial charge in [-0.1, -0.05) is 42.3 Å². The number of benzene rings is 1. The third-order valence-electron chi connectivity index (χ3n) is 13.3. The molecule has 340 valence electrons. The fourth-order valence-electron chi connectivity index (χ4n) is 9.24. The van der Waals surface area contributed by atoms with Crippen LogP contribution in [0.4, 0.5) is 10.5 Å². The largest absolute Gasteiger partial charge is 0.495 e. The van der Waals surface area contributed by atoms with Gasteiger partial charge >= 0.3 is 18.0 Å². The molecule has 4 saturated heterocycles. The number of epoxide rings is 1. The molecule has 0 unspecified atom stereocenters. The zero-order chi connectivity index (χ0) is 44.9. The van der Waals surface area contributed by atoms with Crippen LogP contribution in [0.15, 0.2) is 35.9 Å². The first kappa shape index (κ1) is 46.8. The van der Waals surface area contributed by atoms with Crippen molar-refractivity contribution in [3.63, 3.8) is 0 Å². The van der Waals surface area contributed by atoms with Gasteiger partial charge in [-0.25, -0.2) is 4.79 Å². The Morgan fingerprint density at radius 2 is 1.61 bits per heavy atom. The van der Waals surface area contributed by atoms with Gasteiger partial charge in [0.15, 0.2) is 0 Å². The first-order valence-corrected chi connectivity index (χ1v) is 22.0. The molecular formula is C45H61ClN4O12. The second-order valence-corrected chi connectivity index (χ2v) is 17.9. The SMILES string of the molecule is COc1cc2cc(c1Cl)N(C)C(=O)C[C@H](OC(=O)C1CCN(C(=O)CCCC(=O)N3CCC(C(=O)O)CC3)CC1)[C@]1(C)O[C@H]1[C@H](C)[C@@H]1C[C@@H](NC(=O)O1)[C@H](OC)/C=C/C=C(\C)C2. The third kappa shape index (κ3) is 10.9. The second kappa shape index (κ2) is 20.2. The van der Waals surface area contributed by atoms with Crippen molar-refractivity contribution >= 4 is 53.0 Å². The van der Waals surface area contributed by atoms with E-state index >= 15 is 0 Å². The molecule has 4 bridgehead atoms. The van der Waals surface area contributed by atoms with E-state index in [4.69, 9.17) is 35.3 Å². The Bertz CT molecular complexity index is 1920. The summed E-state index contributed by atoms with van der Waals surface area (Å²) < 4.78 is 29.9. The highest BCUT2D eigenvalue weighted by molar-refractivity contribution is 6.35. The number of methoxy groups -OCH3 is 2. The number of carboxylic acids is 1. The highest BCUT2D eigenvalue weighted by atomic mass is 35.5. The smallest absolute Gasteiger partial charge is 0.407 e. The molecule has 62 heavy (non-hydrogen) atoms. The molecule has 5 aliphatic heterocycles. The summed E-state index contributed by atoms with van der Waals surface area (Å²) in [7, 11) is 4.71. The number of amides is 4. The number of halogens is 1. The van der Waals surface area contributed by atoms with Gasteiger partial charge in [0.1, 0.15) is 28.6 Å². The van der Waals surface area contributed by atoms with Crippen molar-refractivity contribution in [3.05, 3.63) is 46.5 Å². The molecule has 0 radical (unpaired) electrons. The standard InChI is InChI=1S/C45H61ClN4O12/c1-26-9-7-10-33(58-5)31-24-34(60-44(57)47-31)27(2)41-45(3,62-41)36(25-39(53)48(4)32-22-28(21-26)23-35(59-6)40(32)46)61-43(56)30-15-19-50(20-16-30)38(52)12-8-11-37(51)49-17-13-29(14-18-49)42(54)55/h7,9-10,22-23,27,29-31,33-34,36,41H,8,11-21,24-25H2,1-6H3,(H,47,57)(H,54,55)/b10-7+,26-9+/t27-,31-,33-,34+,36+,41+,45+/m1/s1. The number of carbonyl (C=O) groups excluding carboxylic acids is 5. The summed E-state index contributed by atoms with van der Waals surface area (Å²) in [6.45, 7) is 7.18. The van der Waals surface area contributed by atoms with Crippen LogP contribution in [-0.2, 0) is 49.3 Å². The molecule has 2 N–H and O–H groups in total. The molecule has 5 heterocycles. The molecule has 16 nitrogen and oxygen atoms in total. The summed E-state index contributed by atoms with van der Waals surface area (Å²) in [6.07, 6.45) is 5.65. The highest BCUT2D eigenvalue weighted by Crippen LogP contribution is 2.49. The maximum Gasteiger partial charge on any atom is 0.407 e. The lowest BCUT2D eigenvalue weighted by Gasteiger charge is -2.36. The average Bonchev–Trinajstić information content (AvgIpc) is 3.96. The minimum absolute atomic E-state index is 0.0790. The summed E-state index contributed by atoms with van der Waals surface area (Å²) in [5, 5.41) is 12.4. The molecule has 1 aromatic carbocycles. The molecule has 4 fully saturated rings. The highest BCUT2D eigenvalue weighted by Gasteiger charge is 2.64. The first-order valence-electron chi connectivity index (χ1n) is 21.7. The van der Waals surface area contributed by atoms with E-state index in [-0.39, 0.29) is 47.9 Å². The number of rotatable bonds is 9. The number of nitrogens with one attached hydrogen (secondary N) is 1. The van der Waals surface area contributed by atoms with E-state index in [9.17, 15) is 33.9 Å². The van der Waals surface area contributed by atoms with E-state index in [1.54, 1.807) is 30.9 Å². The number of carbonyl (C=O) groups is 6. The zero-order valence-electron chi connectivity index (χ0n) is 36.6. The number of likely N-dealkylation sites (tertiary alicyclic amines) is 2. The Balaban J connectivity index is 1.15. The number of ether oxygens (including phenoxy) is 5. The molecule has 7 atom stereocenters. The average molecular weight is 885 g/mol. The number of fused-ring (bicyclic) bond motifs is 5. The van der Waals surface area contributed by atoms with Gasteiger partial charge in [0.25, 0.3) is 0 Å². The number of esters is 1. The Labute approximate surface area is 368 Å². The van der Waals surface area contributed by atoms with Gasteiger partial charge < -0.3 is 48.8 Å². The van der Waals surface area contributed by atoms with Gasteiger partial charge in [0, 0.05) is 65.5 Å². The van der Waals surface area contributed by atoms with Crippen LogP contribution in [0.5, 0.6) is 5.75 Å². The summed E-state index contributed by atoms with van der Waals surface area (Å²) in [4.78, 5) is 83.1. The molecule has 0 saturated carbocycles. The van der Waals surface area contributed by atoms with Crippen molar-refractivity contribution in [1.82, 2.24) is 15.1 Å². The molecular weight excluding hydrogens is 824 g/mol. The van der Waals surface area contributed by atoms with E-state index in [1.807, 2.05) is 44.2 Å². The predicted octanol–water partition coefficient (Wildman–Crippen LogP) is 5.08. The monoisotopic (exact) mass is 884 g/mol. The van der Waals surface area contributed by atoms with Crippen LogP contribution < -0.4 is 15.0 Å². The molecule has 5 aliphatic rings. The molecule has 1 aromatic rings. The second-order valence-electron chi connectivity index (χ2n) is 17.5. The number of nitrogens with zero attached hydrogens (tertiary/aromatic N) is 3. The van der Waals surface area contributed by atoms with Gasteiger partial charge in [-0.05, 0) is 70.1 Å². The Kier molecular flexibility index (Phi) is 15.3. The number of aliphatic carboxylic acids is 1. The van der Waals surface area contributed by atoms with Crippen LogP contribution in [-0.4, -0.2) is 134 Å². The number of allylic oxidation sites excluding steroid dienone is 3. The lowest BCUT2D eigenvalue weighted by molar-refractivity contribution is -0.161. The van der Waals surface area contributed by atoms with Crippen molar-refractivity contribution < 1.29 is 57.6 Å². The van der Waals surface area contributed by atoms with E-state index in [1.165, 1.54) is 12.0 Å². The Morgan fingerprint density at radius 1 is 0.984 bits per heavy atom. The quantitative estimate of drug-likeness (QED) is 0.247. The first-order chi connectivity index (χ1) is 29.5. The third-order valence-corrected chi connectivity index (χ3v) is 13.7.